The Balaban J connectivity index is -0.00000180. The zero-order valence-corrected chi connectivity index (χ0v) is 12.8. The van der Waals surface area contributed by atoms with Crippen molar-refractivity contribution in [3.8, 4) is 0 Å². The van der Waals surface area contributed by atoms with E-state index in [9.17, 15) is 39.6 Å². The summed E-state index contributed by atoms with van der Waals surface area (Å²) in [6, 6.07) is 0. The maximum atomic E-state index is 10.7. The Labute approximate surface area is 136 Å². The molecule has 6 N–H and O–H groups in total. The van der Waals surface area contributed by atoms with Gasteiger partial charge in [-0.05, 0) is 0 Å². The zero-order valence-electron chi connectivity index (χ0n) is 11.7. The fraction of sp³-hybridized carbons (Fsp3) is 0.600. The van der Waals surface area contributed by atoms with Gasteiger partial charge in [0.05, 0.1) is 11.9 Å². The Morgan fingerprint density at radius 3 is 1.50 bits per heavy atom. The largest absolute Gasteiger partial charge is 3.00 e. The van der Waals surface area contributed by atoms with Crippen LogP contribution in [0.2, 0.25) is 0 Å². The number of carboxylic acids is 4. The van der Waals surface area contributed by atoms with Crippen molar-refractivity contribution in [2.75, 3.05) is 19.6 Å². The Bertz CT molecular complexity index is 388. The molecule has 0 aromatic carbocycles. The molecule has 0 unspecified atom stereocenters. The van der Waals surface area contributed by atoms with E-state index in [2.05, 4.69) is 10.6 Å². The van der Waals surface area contributed by atoms with Gasteiger partial charge in [-0.15, -0.1) is 0 Å². The van der Waals surface area contributed by atoms with Crippen molar-refractivity contribution in [3.05, 3.63) is 0 Å². The normalized spacial score (nSPS) is 10.0. The molecule has 1 radical (unpaired) electrons. The summed E-state index contributed by atoms with van der Waals surface area (Å²) in [7, 11) is 0. The predicted octanol–water partition coefficient (Wildman–Crippen LogP) is -6.94. The fourth-order valence-corrected chi connectivity index (χ4v) is 1.59. The van der Waals surface area contributed by atoms with E-state index in [1.165, 1.54) is 0 Å². The van der Waals surface area contributed by atoms with Crippen LogP contribution in [0.15, 0.2) is 0 Å². The van der Waals surface area contributed by atoms with Gasteiger partial charge in [0.1, 0.15) is 0 Å². The molecular weight excluding hydrogens is 346 g/mol. The smallest absolute Gasteiger partial charge is 0.550 e. The number of rotatable bonds is 11. The summed E-state index contributed by atoms with van der Waals surface area (Å²) in [5.41, 5.74) is -1.78. The van der Waals surface area contributed by atoms with E-state index >= 15 is 0 Å². The van der Waals surface area contributed by atoms with Gasteiger partial charge in [-0.2, -0.15) is 0 Å². The van der Waals surface area contributed by atoms with Crippen molar-refractivity contribution in [3.63, 3.8) is 0 Å². The molecule has 0 spiro atoms. The number of carbonyl (C=O) groups excluding carboxylic acids is 4. The molecule has 127 valence electrons. The summed E-state index contributed by atoms with van der Waals surface area (Å²) in [5, 5.41) is 46.4. The van der Waals surface area contributed by atoms with E-state index in [1.807, 2.05) is 0 Å². The molecule has 0 rings (SSSR count). The van der Waals surface area contributed by atoms with Gasteiger partial charge >= 0.3 is 17.1 Å². The molecule has 0 bridgehead atoms. The molecule has 0 saturated heterocycles. The molecule has 0 aromatic heterocycles. The second-order valence-corrected chi connectivity index (χ2v) is 4.08. The van der Waals surface area contributed by atoms with Crippen molar-refractivity contribution < 1.29 is 56.7 Å². The maximum absolute atomic E-state index is 10.7. The number of carbonyl (C=O) groups is 4. The second-order valence-electron chi connectivity index (χ2n) is 4.08. The van der Waals surface area contributed by atoms with E-state index in [0.29, 0.717) is 0 Å². The Morgan fingerprint density at radius 1 is 0.773 bits per heavy atom. The van der Waals surface area contributed by atoms with Gasteiger partial charge in [0, 0.05) is 50.0 Å². The molecule has 0 aliphatic carbocycles. The number of aliphatic carboxylic acids is 4. The minimum atomic E-state index is -1.78. The van der Waals surface area contributed by atoms with Crippen LogP contribution < -0.4 is 37.2 Å². The zero-order chi connectivity index (χ0) is 15.8. The molecule has 0 heterocycles. The van der Waals surface area contributed by atoms with E-state index < -0.39 is 61.9 Å². The van der Waals surface area contributed by atoms with E-state index in [0.717, 1.165) is 0 Å². The van der Waals surface area contributed by atoms with Gasteiger partial charge in [-0.3, -0.25) is 0 Å². The van der Waals surface area contributed by atoms with Crippen LogP contribution in [0.1, 0.15) is 12.8 Å². The number of carboxylic acid groups (broad SMARTS) is 4. The number of nitrogens with one attached hydrogen (secondary N) is 2. The van der Waals surface area contributed by atoms with Crippen LogP contribution in [0.3, 0.4) is 0 Å². The molecule has 12 heteroatoms. The molecule has 0 amide bonds. The van der Waals surface area contributed by atoms with Gasteiger partial charge in [-0.25, -0.2) is 0 Å². The predicted molar refractivity (Wildman–Crippen MR) is 58.9 cm³/mol. The van der Waals surface area contributed by atoms with E-state index in [4.69, 9.17) is 0 Å². The summed E-state index contributed by atoms with van der Waals surface area (Å²) in [6.07, 6.45) is -1.73. The maximum Gasteiger partial charge on any atom is 3.00 e. The van der Waals surface area contributed by atoms with E-state index in [1.54, 1.807) is 0 Å². The van der Waals surface area contributed by atoms with Crippen molar-refractivity contribution in [2.24, 2.45) is 0 Å². The summed E-state index contributed by atoms with van der Waals surface area (Å²) in [4.78, 5) is 41.9. The molecule has 0 aliphatic rings. The third kappa shape index (κ3) is 12.1. The second kappa shape index (κ2) is 11.9. The number of hydrogen-bond donors (Lipinski definition) is 3. The van der Waals surface area contributed by atoms with Gasteiger partial charge < -0.3 is 56.4 Å². The average Bonchev–Trinajstić information content (AvgIpc) is 2.24. The SMILES string of the molecule is O=C([O-])CNCC(CC(=O)[O-])(CC(=O)[O-])NCC(=O)[O-].[Fe+3].[NH4+]. The van der Waals surface area contributed by atoms with Gasteiger partial charge in [0.15, 0.2) is 0 Å². The molecule has 0 saturated carbocycles. The van der Waals surface area contributed by atoms with Crippen LogP contribution in [0.5, 0.6) is 0 Å². The molecule has 11 nitrogen and oxygen atoms in total. The first-order valence-electron chi connectivity index (χ1n) is 5.42. The van der Waals surface area contributed by atoms with Crippen molar-refractivity contribution in [1.82, 2.24) is 16.8 Å². The first kappa shape index (κ1) is 25.2. The average molecular weight is 362 g/mol. The topological polar surface area (TPSA) is 221 Å². The Morgan fingerprint density at radius 2 is 1.18 bits per heavy atom. The van der Waals surface area contributed by atoms with Crippen molar-refractivity contribution in [2.45, 2.75) is 18.4 Å². The van der Waals surface area contributed by atoms with Crippen LogP contribution in [-0.4, -0.2) is 49.1 Å². The first-order chi connectivity index (χ1) is 9.17. The van der Waals surface area contributed by atoms with Crippen LogP contribution in [-0.2, 0) is 36.2 Å². The van der Waals surface area contributed by atoms with Crippen molar-refractivity contribution in [1.29, 1.82) is 0 Å². The van der Waals surface area contributed by atoms with Crippen molar-refractivity contribution >= 4 is 23.9 Å². The molecule has 0 aliphatic heterocycles. The van der Waals surface area contributed by atoms with Crippen LogP contribution in [0.4, 0.5) is 0 Å². The van der Waals surface area contributed by atoms with Gasteiger partial charge in [0.25, 0.3) is 0 Å². The molecule has 0 atom stereocenters. The van der Waals surface area contributed by atoms with E-state index in [-0.39, 0.29) is 23.2 Å². The third-order valence-electron chi connectivity index (χ3n) is 2.31. The Hall–Kier alpha value is -1.72. The standard InChI is InChI=1S/C10H16N2O8.Fe.H3N/c13-6(14)1-10(2-7(15)16,12-4-9(19)20)5-11-3-8(17)18;;/h11-12H,1-5H2,(H,13,14)(H,15,16)(H,17,18)(H,19,20);;1H3/q;+3;/p-3. The molecular formula is C10H16FeN3O8. The van der Waals surface area contributed by atoms with Crippen LogP contribution in [0, 0.1) is 0 Å². The number of hydrogen-bond acceptors (Lipinski definition) is 10. The summed E-state index contributed by atoms with van der Waals surface area (Å²) >= 11 is 0. The first-order valence-corrected chi connectivity index (χ1v) is 5.42. The third-order valence-corrected chi connectivity index (χ3v) is 2.31. The Kier molecular flexibility index (Phi) is 13.6. The minimum absolute atomic E-state index is 0. The van der Waals surface area contributed by atoms with Gasteiger partial charge in [-0.1, -0.05) is 0 Å². The van der Waals surface area contributed by atoms with Crippen LogP contribution in [0.25, 0.3) is 0 Å². The number of quaternary nitrogens is 1. The summed E-state index contributed by atoms with van der Waals surface area (Å²) in [5.74, 6) is -6.38. The van der Waals surface area contributed by atoms with Gasteiger partial charge in [0.2, 0.25) is 0 Å². The quantitative estimate of drug-likeness (QED) is 0.295. The minimum Gasteiger partial charge on any atom is -0.550 e. The summed E-state index contributed by atoms with van der Waals surface area (Å²) < 4.78 is 0. The molecule has 0 fully saturated rings. The fourth-order valence-electron chi connectivity index (χ4n) is 1.59. The van der Waals surface area contributed by atoms with Crippen LogP contribution >= 0.6 is 0 Å². The summed E-state index contributed by atoms with van der Waals surface area (Å²) in [6.45, 7) is -1.96. The molecule has 22 heavy (non-hydrogen) atoms. The molecule has 0 aromatic rings. The monoisotopic (exact) mass is 362 g/mol.